The summed E-state index contributed by atoms with van der Waals surface area (Å²) >= 11 is 0. The lowest BCUT2D eigenvalue weighted by atomic mass is 10.1. The first-order chi connectivity index (χ1) is 6.66. The summed E-state index contributed by atoms with van der Waals surface area (Å²) in [4.78, 5) is 0. The maximum atomic E-state index is 11.9. The Bertz CT molecular complexity index is 349. The molecule has 3 nitrogen and oxygen atoms in total. The number of halogens is 3. The molecule has 1 atom stereocenters. The molecule has 1 heterocycles. The van der Waals surface area contributed by atoms with Crippen molar-refractivity contribution in [3.05, 3.63) is 23.8 Å². The average Bonchev–Trinajstić information content (AvgIpc) is 2.46. The van der Waals surface area contributed by atoms with Crippen LogP contribution in [0.2, 0.25) is 0 Å². The monoisotopic (exact) mass is 237 g/mol. The van der Waals surface area contributed by atoms with Gasteiger partial charge in [0, 0.05) is 11.6 Å². The molecule has 2 N–H and O–H groups in total. The van der Waals surface area contributed by atoms with Gasteiger partial charge in [0.15, 0.2) is 0 Å². The van der Waals surface area contributed by atoms with Gasteiger partial charge in [-0.2, -0.15) is 8.78 Å². The Kier molecular flexibility index (Phi) is 3.71. The molecule has 1 aromatic rings. The van der Waals surface area contributed by atoms with Crippen LogP contribution in [0.25, 0.3) is 0 Å². The van der Waals surface area contributed by atoms with Gasteiger partial charge >= 0.3 is 6.61 Å². The highest BCUT2D eigenvalue weighted by Crippen LogP contribution is 2.34. The van der Waals surface area contributed by atoms with E-state index in [2.05, 4.69) is 4.74 Å². The van der Waals surface area contributed by atoms with Crippen LogP contribution in [0.15, 0.2) is 18.2 Å². The fraction of sp³-hybridized carbons (Fsp3) is 0.333. The van der Waals surface area contributed by atoms with E-state index in [-0.39, 0.29) is 24.2 Å². The molecular formula is C9H10ClF2NO2. The quantitative estimate of drug-likeness (QED) is 0.857. The van der Waals surface area contributed by atoms with Crippen molar-refractivity contribution in [3.8, 4) is 11.5 Å². The molecule has 0 bridgehead atoms. The van der Waals surface area contributed by atoms with Crippen molar-refractivity contribution in [3.63, 3.8) is 0 Å². The second kappa shape index (κ2) is 4.63. The van der Waals surface area contributed by atoms with Crippen LogP contribution in [0.3, 0.4) is 0 Å². The number of hydrogen-bond acceptors (Lipinski definition) is 3. The van der Waals surface area contributed by atoms with Gasteiger partial charge in [-0.25, -0.2) is 0 Å². The Morgan fingerprint density at radius 1 is 1.47 bits per heavy atom. The van der Waals surface area contributed by atoms with Crippen molar-refractivity contribution in [2.45, 2.75) is 12.7 Å². The van der Waals surface area contributed by atoms with E-state index in [1.54, 1.807) is 6.07 Å². The fourth-order valence-corrected chi connectivity index (χ4v) is 1.39. The second-order valence-electron chi connectivity index (χ2n) is 3.00. The molecular weight excluding hydrogens is 228 g/mol. The number of nitrogens with two attached hydrogens (primary N) is 1. The Balaban J connectivity index is 0.00000112. The highest BCUT2D eigenvalue weighted by Gasteiger charge is 2.21. The van der Waals surface area contributed by atoms with E-state index in [1.165, 1.54) is 12.1 Å². The summed E-state index contributed by atoms with van der Waals surface area (Å²) in [5.41, 5.74) is 6.51. The van der Waals surface area contributed by atoms with E-state index >= 15 is 0 Å². The minimum atomic E-state index is -2.82. The van der Waals surface area contributed by atoms with Gasteiger partial charge in [0.2, 0.25) is 0 Å². The van der Waals surface area contributed by atoms with Crippen LogP contribution in [-0.2, 0) is 0 Å². The van der Waals surface area contributed by atoms with Gasteiger partial charge in [0.1, 0.15) is 18.1 Å². The van der Waals surface area contributed by atoms with Crippen molar-refractivity contribution < 1.29 is 18.3 Å². The summed E-state index contributed by atoms with van der Waals surface area (Å²) in [5, 5.41) is 0. The van der Waals surface area contributed by atoms with E-state index in [9.17, 15) is 8.78 Å². The van der Waals surface area contributed by atoms with E-state index in [4.69, 9.17) is 10.5 Å². The summed E-state index contributed by atoms with van der Waals surface area (Å²) in [6.07, 6.45) is 0. The van der Waals surface area contributed by atoms with Crippen LogP contribution in [0.5, 0.6) is 11.5 Å². The molecule has 0 aliphatic carbocycles. The van der Waals surface area contributed by atoms with Gasteiger partial charge in [-0.15, -0.1) is 12.4 Å². The Morgan fingerprint density at radius 2 is 2.20 bits per heavy atom. The Hall–Kier alpha value is -1.07. The highest BCUT2D eigenvalue weighted by molar-refractivity contribution is 5.85. The maximum absolute atomic E-state index is 11.9. The lowest BCUT2D eigenvalue weighted by Gasteiger charge is -2.06. The third kappa shape index (κ3) is 2.49. The second-order valence-corrected chi connectivity index (χ2v) is 3.00. The van der Waals surface area contributed by atoms with Crippen LogP contribution in [-0.4, -0.2) is 13.2 Å². The lowest BCUT2D eigenvalue weighted by Crippen LogP contribution is -2.10. The smallest absolute Gasteiger partial charge is 0.387 e. The number of benzene rings is 1. The number of hydrogen-bond donors (Lipinski definition) is 1. The van der Waals surface area contributed by atoms with E-state index in [0.717, 1.165) is 5.56 Å². The highest BCUT2D eigenvalue weighted by atomic mass is 35.5. The van der Waals surface area contributed by atoms with Gasteiger partial charge in [-0.05, 0) is 12.1 Å². The predicted octanol–water partition coefficient (Wildman–Crippen LogP) is 2.10. The van der Waals surface area contributed by atoms with Crippen LogP contribution >= 0.6 is 12.4 Å². The molecule has 0 radical (unpaired) electrons. The van der Waals surface area contributed by atoms with E-state index in [0.29, 0.717) is 12.4 Å². The summed E-state index contributed by atoms with van der Waals surface area (Å²) < 4.78 is 33.1. The molecule has 1 unspecified atom stereocenters. The first-order valence-corrected chi connectivity index (χ1v) is 4.14. The molecule has 1 aromatic carbocycles. The Labute approximate surface area is 91.6 Å². The summed E-state index contributed by atoms with van der Waals surface area (Å²) in [5.74, 6) is 0.614. The van der Waals surface area contributed by atoms with Crippen molar-refractivity contribution in [2.24, 2.45) is 5.73 Å². The third-order valence-corrected chi connectivity index (χ3v) is 2.03. The van der Waals surface area contributed by atoms with Crippen molar-refractivity contribution in [2.75, 3.05) is 6.61 Å². The summed E-state index contributed by atoms with van der Waals surface area (Å²) in [6.45, 7) is -2.43. The van der Waals surface area contributed by atoms with Crippen LogP contribution in [0, 0.1) is 0 Å². The van der Waals surface area contributed by atoms with Crippen molar-refractivity contribution in [1.82, 2.24) is 0 Å². The maximum Gasteiger partial charge on any atom is 0.387 e. The van der Waals surface area contributed by atoms with Crippen LogP contribution < -0.4 is 15.2 Å². The van der Waals surface area contributed by atoms with Crippen LogP contribution in [0.1, 0.15) is 11.6 Å². The minimum Gasteiger partial charge on any atom is -0.491 e. The third-order valence-electron chi connectivity index (χ3n) is 2.03. The van der Waals surface area contributed by atoms with E-state index in [1.807, 2.05) is 0 Å². The molecule has 0 spiro atoms. The SMILES string of the molecule is Cl.NC1COc2cc(OC(F)F)ccc21. The average molecular weight is 238 g/mol. The fourth-order valence-electron chi connectivity index (χ4n) is 1.39. The van der Waals surface area contributed by atoms with Crippen LogP contribution in [0.4, 0.5) is 8.78 Å². The molecule has 84 valence electrons. The van der Waals surface area contributed by atoms with E-state index < -0.39 is 6.61 Å². The molecule has 2 rings (SSSR count). The number of ether oxygens (including phenoxy) is 2. The first kappa shape index (κ1) is 12.0. The molecule has 1 aliphatic heterocycles. The molecule has 0 aromatic heterocycles. The molecule has 0 amide bonds. The zero-order chi connectivity index (χ0) is 10.1. The molecule has 0 saturated heterocycles. The standard InChI is InChI=1S/C9H9F2NO2.ClH/c10-9(11)14-5-1-2-6-7(12)4-13-8(6)3-5;/h1-3,7,9H,4,12H2;1H. The summed E-state index contributed by atoms with van der Waals surface area (Å²) in [6, 6.07) is 4.35. The predicted molar refractivity (Wildman–Crippen MR) is 52.7 cm³/mol. The largest absolute Gasteiger partial charge is 0.491 e. The first-order valence-electron chi connectivity index (χ1n) is 4.14. The molecule has 1 aliphatic rings. The minimum absolute atomic E-state index is 0. The molecule has 0 fully saturated rings. The van der Waals surface area contributed by atoms with Crippen molar-refractivity contribution in [1.29, 1.82) is 0 Å². The van der Waals surface area contributed by atoms with Gasteiger partial charge in [-0.3, -0.25) is 0 Å². The molecule has 6 heteroatoms. The van der Waals surface area contributed by atoms with Crippen molar-refractivity contribution >= 4 is 12.4 Å². The Morgan fingerprint density at radius 3 is 2.87 bits per heavy atom. The molecule has 0 saturated carbocycles. The number of fused-ring (bicyclic) bond motifs is 1. The topological polar surface area (TPSA) is 44.5 Å². The lowest BCUT2D eigenvalue weighted by molar-refractivity contribution is -0.0499. The van der Waals surface area contributed by atoms with Gasteiger partial charge in [0.25, 0.3) is 0 Å². The zero-order valence-electron chi connectivity index (χ0n) is 7.65. The van der Waals surface area contributed by atoms with Gasteiger partial charge in [0.05, 0.1) is 6.04 Å². The summed E-state index contributed by atoms with van der Waals surface area (Å²) in [7, 11) is 0. The number of rotatable bonds is 2. The van der Waals surface area contributed by atoms with Gasteiger partial charge < -0.3 is 15.2 Å². The zero-order valence-corrected chi connectivity index (χ0v) is 8.47. The molecule has 15 heavy (non-hydrogen) atoms. The van der Waals surface area contributed by atoms with Gasteiger partial charge in [-0.1, -0.05) is 0 Å². The normalized spacial score (nSPS) is 18.0. The number of alkyl halides is 2.